The SMILES string of the molecule is CCOC1CC(NC(=NCC(=O)N(C)C)NCCc2cccs2)C12CCC2.I. The second-order valence-corrected chi connectivity index (χ2v) is 8.70. The van der Waals surface area contributed by atoms with Crippen LogP contribution in [-0.4, -0.2) is 62.7 Å². The lowest BCUT2D eigenvalue weighted by molar-refractivity contribution is -0.168. The Morgan fingerprint density at radius 3 is 2.79 bits per heavy atom. The molecule has 8 heteroatoms. The van der Waals surface area contributed by atoms with Gasteiger partial charge in [-0.15, -0.1) is 35.3 Å². The van der Waals surface area contributed by atoms with Crippen LogP contribution >= 0.6 is 35.3 Å². The number of thiophene rings is 1. The molecule has 1 spiro atoms. The molecule has 1 heterocycles. The van der Waals surface area contributed by atoms with Gasteiger partial charge in [0.2, 0.25) is 5.91 Å². The molecule has 2 unspecified atom stereocenters. The highest BCUT2D eigenvalue weighted by Gasteiger charge is 2.59. The fourth-order valence-corrected chi connectivity index (χ4v) is 4.71. The zero-order valence-corrected chi connectivity index (χ0v) is 20.2. The monoisotopic (exact) mass is 520 g/mol. The summed E-state index contributed by atoms with van der Waals surface area (Å²) in [7, 11) is 3.52. The van der Waals surface area contributed by atoms with Crippen molar-refractivity contribution < 1.29 is 9.53 Å². The van der Waals surface area contributed by atoms with Crippen molar-refractivity contribution in [3.05, 3.63) is 22.4 Å². The Bertz CT molecular complexity index is 647. The largest absolute Gasteiger partial charge is 0.378 e. The van der Waals surface area contributed by atoms with E-state index in [1.165, 1.54) is 24.1 Å². The number of carbonyl (C=O) groups excluding carboxylic acids is 1. The van der Waals surface area contributed by atoms with Crippen molar-refractivity contribution in [2.24, 2.45) is 10.4 Å². The van der Waals surface area contributed by atoms with Gasteiger partial charge in [0.1, 0.15) is 6.54 Å². The normalized spacial score (nSPS) is 22.6. The number of hydrogen-bond acceptors (Lipinski definition) is 4. The summed E-state index contributed by atoms with van der Waals surface area (Å²) in [6.07, 6.45) is 6.05. The third kappa shape index (κ3) is 5.38. The molecule has 6 nitrogen and oxygen atoms in total. The van der Waals surface area contributed by atoms with E-state index in [9.17, 15) is 4.79 Å². The molecule has 0 radical (unpaired) electrons. The van der Waals surface area contributed by atoms with E-state index in [0.29, 0.717) is 12.1 Å². The van der Waals surface area contributed by atoms with E-state index in [-0.39, 0.29) is 41.8 Å². The summed E-state index contributed by atoms with van der Waals surface area (Å²) in [6.45, 7) is 3.81. The van der Waals surface area contributed by atoms with Crippen LogP contribution in [0.4, 0.5) is 0 Å². The number of guanidine groups is 1. The Labute approximate surface area is 189 Å². The first-order chi connectivity index (χ1) is 13.0. The molecule has 28 heavy (non-hydrogen) atoms. The van der Waals surface area contributed by atoms with Crippen LogP contribution in [0, 0.1) is 5.41 Å². The van der Waals surface area contributed by atoms with E-state index < -0.39 is 0 Å². The van der Waals surface area contributed by atoms with Gasteiger partial charge in [0.15, 0.2) is 5.96 Å². The maximum atomic E-state index is 12.0. The summed E-state index contributed by atoms with van der Waals surface area (Å²) in [5.74, 6) is 0.751. The molecule has 2 N–H and O–H groups in total. The number of nitrogens with one attached hydrogen (secondary N) is 2. The van der Waals surface area contributed by atoms with Crippen LogP contribution in [-0.2, 0) is 16.0 Å². The molecule has 0 aliphatic heterocycles. The van der Waals surface area contributed by atoms with Crippen molar-refractivity contribution in [3.63, 3.8) is 0 Å². The highest BCUT2D eigenvalue weighted by molar-refractivity contribution is 14.0. The molecule has 2 saturated carbocycles. The average molecular weight is 520 g/mol. The molecule has 0 bridgehead atoms. The zero-order chi connectivity index (χ0) is 19.3. The van der Waals surface area contributed by atoms with Crippen LogP contribution in [0.1, 0.15) is 37.5 Å². The van der Waals surface area contributed by atoms with Crippen molar-refractivity contribution in [1.29, 1.82) is 0 Å². The molecule has 0 aromatic carbocycles. The first-order valence-electron chi connectivity index (χ1n) is 9.94. The van der Waals surface area contributed by atoms with E-state index in [4.69, 9.17) is 4.74 Å². The van der Waals surface area contributed by atoms with E-state index >= 15 is 0 Å². The third-order valence-electron chi connectivity index (χ3n) is 5.86. The predicted octanol–water partition coefficient (Wildman–Crippen LogP) is 2.88. The van der Waals surface area contributed by atoms with Gasteiger partial charge in [0.25, 0.3) is 0 Å². The molecule has 2 fully saturated rings. The molecule has 2 atom stereocenters. The van der Waals surface area contributed by atoms with E-state index in [1.54, 1.807) is 30.3 Å². The highest BCUT2D eigenvalue weighted by Crippen LogP contribution is 2.57. The standard InChI is InChI=1S/C20H32N4O2S.HI/c1-4-26-17-13-16(20(17)9-6-10-20)23-19(22-14-18(25)24(2)3)21-11-8-15-7-5-12-27-15;/h5,7,12,16-17H,4,6,8-11,13-14H2,1-3H3,(H2,21,22,23);1H. The predicted molar refractivity (Wildman–Crippen MR) is 126 cm³/mol. The van der Waals surface area contributed by atoms with Gasteiger partial charge in [-0.05, 0) is 44.1 Å². The van der Waals surface area contributed by atoms with Crippen LogP contribution < -0.4 is 10.6 Å². The molecule has 2 aliphatic carbocycles. The van der Waals surface area contributed by atoms with Crippen LogP contribution in [0.2, 0.25) is 0 Å². The number of amides is 1. The molecule has 0 saturated heterocycles. The molecular formula is C20H33IN4O2S. The molecule has 1 amide bonds. The van der Waals surface area contributed by atoms with Crippen LogP contribution in [0.5, 0.6) is 0 Å². The van der Waals surface area contributed by atoms with Crippen molar-refractivity contribution in [3.8, 4) is 0 Å². The highest BCUT2D eigenvalue weighted by atomic mass is 127. The van der Waals surface area contributed by atoms with Crippen LogP contribution in [0.25, 0.3) is 0 Å². The van der Waals surface area contributed by atoms with Gasteiger partial charge in [-0.3, -0.25) is 4.79 Å². The van der Waals surface area contributed by atoms with Gasteiger partial charge >= 0.3 is 0 Å². The number of rotatable bonds is 8. The minimum absolute atomic E-state index is 0. The quantitative estimate of drug-likeness (QED) is 0.315. The summed E-state index contributed by atoms with van der Waals surface area (Å²) in [4.78, 5) is 19.4. The number of halogens is 1. The van der Waals surface area contributed by atoms with Crippen molar-refractivity contribution in [2.75, 3.05) is 33.8 Å². The van der Waals surface area contributed by atoms with Gasteiger partial charge in [-0.1, -0.05) is 12.5 Å². The number of hydrogen-bond donors (Lipinski definition) is 2. The molecule has 3 rings (SSSR count). The fraction of sp³-hybridized carbons (Fsp3) is 0.700. The smallest absolute Gasteiger partial charge is 0.243 e. The number of aliphatic imine (C=N–C) groups is 1. The molecule has 2 aliphatic rings. The Morgan fingerprint density at radius 1 is 1.43 bits per heavy atom. The lowest BCUT2D eigenvalue weighted by Gasteiger charge is -2.61. The number of nitrogens with zero attached hydrogens (tertiary/aromatic N) is 2. The first-order valence-corrected chi connectivity index (χ1v) is 10.8. The first kappa shape index (κ1) is 23.4. The molecule has 1 aromatic heterocycles. The van der Waals surface area contributed by atoms with Crippen molar-refractivity contribution in [2.45, 2.75) is 51.2 Å². The van der Waals surface area contributed by atoms with E-state index in [2.05, 4.69) is 40.1 Å². The molecular weight excluding hydrogens is 487 g/mol. The van der Waals surface area contributed by atoms with Crippen LogP contribution in [0.15, 0.2) is 22.5 Å². The Morgan fingerprint density at radius 2 is 2.21 bits per heavy atom. The number of carbonyl (C=O) groups is 1. The minimum Gasteiger partial charge on any atom is -0.378 e. The molecule has 1 aromatic rings. The third-order valence-corrected chi connectivity index (χ3v) is 6.80. The summed E-state index contributed by atoms with van der Waals surface area (Å²) < 4.78 is 5.95. The zero-order valence-electron chi connectivity index (χ0n) is 17.1. The van der Waals surface area contributed by atoms with Gasteiger partial charge in [-0.2, -0.15) is 0 Å². The second kappa shape index (κ2) is 10.8. The average Bonchev–Trinajstić information content (AvgIpc) is 3.09. The molecule has 158 valence electrons. The Hall–Kier alpha value is -0.870. The van der Waals surface area contributed by atoms with Crippen LogP contribution in [0.3, 0.4) is 0 Å². The topological polar surface area (TPSA) is 66.0 Å². The fourth-order valence-electron chi connectivity index (χ4n) is 4.01. The Balaban J connectivity index is 0.00000280. The summed E-state index contributed by atoms with van der Waals surface area (Å²) in [5, 5.41) is 9.12. The lowest BCUT2D eigenvalue weighted by Crippen LogP contribution is -2.68. The maximum absolute atomic E-state index is 12.0. The van der Waals surface area contributed by atoms with Crippen molar-refractivity contribution >= 4 is 47.2 Å². The van der Waals surface area contributed by atoms with E-state index in [1.807, 2.05) is 0 Å². The van der Waals surface area contributed by atoms with Gasteiger partial charge in [0, 0.05) is 43.6 Å². The van der Waals surface area contributed by atoms with Gasteiger partial charge in [-0.25, -0.2) is 4.99 Å². The van der Waals surface area contributed by atoms with E-state index in [0.717, 1.165) is 32.0 Å². The summed E-state index contributed by atoms with van der Waals surface area (Å²) in [6, 6.07) is 4.60. The number of ether oxygens (including phenoxy) is 1. The summed E-state index contributed by atoms with van der Waals surface area (Å²) >= 11 is 1.77. The summed E-state index contributed by atoms with van der Waals surface area (Å²) in [5.41, 5.74) is 0.262. The van der Waals surface area contributed by atoms with Gasteiger partial charge in [0.05, 0.1) is 6.10 Å². The second-order valence-electron chi connectivity index (χ2n) is 7.67. The minimum atomic E-state index is 0. The van der Waals surface area contributed by atoms with Gasteiger partial charge < -0.3 is 20.3 Å². The Kier molecular flexibility index (Phi) is 9.01. The maximum Gasteiger partial charge on any atom is 0.243 e. The lowest BCUT2D eigenvalue weighted by atomic mass is 9.51. The number of likely N-dealkylation sites (N-methyl/N-ethyl adjacent to an activating group) is 1. The van der Waals surface area contributed by atoms with Crippen molar-refractivity contribution in [1.82, 2.24) is 15.5 Å².